The highest BCUT2D eigenvalue weighted by Crippen LogP contribution is 2.71. The molecule has 3 aliphatic heterocycles. The largest absolute Gasteiger partial charge is 0.396 e. The van der Waals surface area contributed by atoms with E-state index in [-0.39, 0.29) is 30.9 Å². The first kappa shape index (κ1) is 29.7. The lowest BCUT2D eigenvalue weighted by Gasteiger charge is -2.38. The van der Waals surface area contributed by atoms with Crippen molar-refractivity contribution >= 4 is 46.8 Å². The van der Waals surface area contributed by atoms with Gasteiger partial charge in [0.15, 0.2) is 0 Å². The maximum absolute atomic E-state index is 14.5. The van der Waals surface area contributed by atoms with Gasteiger partial charge in [-0.1, -0.05) is 30.7 Å². The molecule has 2 bridgehead atoms. The van der Waals surface area contributed by atoms with Crippen molar-refractivity contribution < 1.29 is 19.5 Å². The zero-order valence-electron chi connectivity index (χ0n) is 23.0. The second-order valence-corrected chi connectivity index (χ2v) is 13.3. The topological polar surface area (TPSA) is 81.2 Å². The van der Waals surface area contributed by atoms with E-state index in [9.17, 15) is 19.5 Å². The highest BCUT2D eigenvalue weighted by Gasteiger charge is 2.77. The van der Waals surface area contributed by atoms with Gasteiger partial charge in [-0.15, -0.1) is 24.9 Å². The van der Waals surface area contributed by atoms with Gasteiger partial charge in [-0.25, -0.2) is 0 Å². The van der Waals surface area contributed by atoms with Crippen LogP contribution in [0.2, 0.25) is 5.02 Å². The molecule has 2 unspecified atom stereocenters. The van der Waals surface area contributed by atoms with Crippen molar-refractivity contribution in [3.8, 4) is 0 Å². The Morgan fingerprint density at radius 1 is 1.15 bits per heavy atom. The Bertz CT molecular complexity index is 1110. The van der Waals surface area contributed by atoms with Gasteiger partial charge >= 0.3 is 0 Å². The van der Waals surface area contributed by atoms with Crippen molar-refractivity contribution in [2.45, 2.75) is 61.5 Å². The first-order chi connectivity index (χ1) is 18.7. The van der Waals surface area contributed by atoms with Crippen molar-refractivity contribution in [3.05, 3.63) is 54.6 Å². The number of carbonyl (C=O) groups is 3. The molecule has 0 radical (unpaired) electrons. The third-order valence-corrected chi connectivity index (χ3v) is 10.7. The molecule has 212 valence electrons. The summed E-state index contributed by atoms with van der Waals surface area (Å²) < 4.78 is -1.12. The molecule has 0 aromatic heterocycles. The van der Waals surface area contributed by atoms with Gasteiger partial charge < -0.3 is 19.8 Å². The molecule has 7 nitrogen and oxygen atoms in total. The zero-order valence-corrected chi connectivity index (χ0v) is 24.6. The van der Waals surface area contributed by atoms with Crippen molar-refractivity contribution in [2.24, 2.45) is 11.8 Å². The van der Waals surface area contributed by atoms with Gasteiger partial charge in [-0.05, 0) is 63.3 Å². The van der Waals surface area contributed by atoms with Crippen LogP contribution in [0.1, 0.15) is 46.0 Å². The van der Waals surface area contributed by atoms with Crippen molar-refractivity contribution in [3.63, 3.8) is 0 Å². The van der Waals surface area contributed by atoms with E-state index in [1.54, 1.807) is 58.0 Å². The maximum atomic E-state index is 14.5. The van der Waals surface area contributed by atoms with Gasteiger partial charge in [0, 0.05) is 48.2 Å². The summed E-state index contributed by atoms with van der Waals surface area (Å²) in [5.41, 5.74) is 0.684. The Morgan fingerprint density at radius 2 is 1.85 bits per heavy atom. The number of aliphatic hydroxyl groups excluding tert-OH is 1. The monoisotopic (exact) mass is 573 g/mol. The van der Waals surface area contributed by atoms with Gasteiger partial charge in [0.1, 0.15) is 6.04 Å². The molecule has 1 spiro atoms. The number of hydrogen-bond acceptors (Lipinski definition) is 5. The fraction of sp³-hybridized carbons (Fsp3) is 0.567. The van der Waals surface area contributed by atoms with E-state index in [1.807, 2.05) is 11.8 Å². The van der Waals surface area contributed by atoms with Gasteiger partial charge in [0.05, 0.1) is 16.6 Å². The fourth-order valence-corrected chi connectivity index (χ4v) is 9.32. The zero-order chi connectivity index (χ0) is 28.4. The molecule has 3 saturated heterocycles. The van der Waals surface area contributed by atoms with E-state index >= 15 is 0 Å². The third-order valence-electron chi connectivity index (χ3n) is 8.45. The van der Waals surface area contributed by atoms with Gasteiger partial charge in [-0.2, -0.15) is 0 Å². The van der Waals surface area contributed by atoms with Crippen LogP contribution in [0.3, 0.4) is 0 Å². The van der Waals surface area contributed by atoms with E-state index in [0.29, 0.717) is 49.6 Å². The summed E-state index contributed by atoms with van der Waals surface area (Å²) in [6.45, 7) is 13.5. The molecule has 3 heterocycles. The highest BCUT2D eigenvalue weighted by molar-refractivity contribution is 8.02. The van der Waals surface area contributed by atoms with E-state index in [2.05, 4.69) is 20.1 Å². The number of nitrogens with zero attached hydrogens (tertiary/aromatic N) is 3. The first-order valence-electron chi connectivity index (χ1n) is 13.9. The standard InChI is InChI=1S/C30H40ClN3O4S/c1-5-16-32(17-6-2)26(36)23-24-27(37)34(19-8-9-20-35)25(30(24)15-14-29(23,4)39-30)28(38)33(18-7-3)22-12-10-21(31)11-13-22/h5,7,10-13,23-25,35H,1,3,6,8-9,14-20H2,2,4H3/t23-,24+,25?,29+,30?/m1/s1. The van der Waals surface area contributed by atoms with Crippen LogP contribution in [0.5, 0.6) is 0 Å². The van der Waals surface area contributed by atoms with E-state index < -0.39 is 27.4 Å². The molecule has 1 N–H and O–H groups in total. The molecule has 9 heteroatoms. The Kier molecular flexibility index (Phi) is 9.19. The number of unbranched alkanes of at least 4 members (excludes halogenated alkanes) is 1. The van der Waals surface area contributed by atoms with Crippen LogP contribution in [0, 0.1) is 11.8 Å². The highest BCUT2D eigenvalue weighted by atomic mass is 35.5. The van der Waals surface area contributed by atoms with Crippen LogP contribution in [-0.4, -0.2) is 80.9 Å². The minimum atomic E-state index is -0.715. The summed E-state index contributed by atoms with van der Waals surface area (Å²) in [5, 5.41) is 9.99. The number of amides is 3. The number of halogens is 1. The lowest BCUT2D eigenvalue weighted by Crippen LogP contribution is -2.55. The van der Waals surface area contributed by atoms with Crippen LogP contribution in [0.4, 0.5) is 5.69 Å². The number of thioether (sulfide) groups is 1. The Morgan fingerprint density at radius 3 is 2.46 bits per heavy atom. The quantitative estimate of drug-likeness (QED) is 0.277. The van der Waals surface area contributed by atoms with Crippen molar-refractivity contribution in [2.75, 3.05) is 37.7 Å². The molecule has 0 saturated carbocycles. The summed E-state index contributed by atoms with van der Waals surface area (Å²) in [6, 6.07) is 6.38. The number of rotatable bonds is 13. The van der Waals surface area contributed by atoms with Crippen molar-refractivity contribution in [1.82, 2.24) is 9.80 Å². The number of anilines is 1. The molecule has 3 fully saturated rings. The molecule has 4 rings (SSSR count). The lowest BCUT2D eigenvalue weighted by atomic mass is 9.66. The van der Waals surface area contributed by atoms with E-state index in [0.717, 1.165) is 12.8 Å². The minimum absolute atomic E-state index is 0.0178. The summed E-state index contributed by atoms with van der Waals surface area (Å²) in [7, 11) is 0. The number of fused-ring (bicyclic) bond motifs is 1. The van der Waals surface area contributed by atoms with Gasteiger partial charge in [0.25, 0.3) is 5.91 Å². The van der Waals surface area contributed by atoms with Gasteiger partial charge in [0.2, 0.25) is 11.8 Å². The first-order valence-corrected chi connectivity index (χ1v) is 15.1. The second kappa shape index (κ2) is 12.1. The fourth-order valence-electron chi connectivity index (χ4n) is 6.85. The summed E-state index contributed by atoms with van der Waals surface area (Å²) >= 11 is 7.80. The lowest BCUT2D eigenvalue weighted by molar-refractivity contribution is -0.145. The number of likely N-dealkylation sites (tertiary alicyclic amines) is 1. The molecule has 0 aliphatic carbocycles. The molecule has 39 heavy (non-hydrogen) atoms. The van der Waals surface area contributed by atoms with E-state index in [4.69, 9.17) is 11.6 Å². The average Bonchev–Trinajstić information content (AvgIpc) is 3.48. The Balaban J connectivity index is 1.78. The Hall–Kier alpha value is -2.29. The van der Waals surface area contributed by atoms with Crippen LogP contribution >= 0.6 is 23.4 Å². The number of aliphatic hydroxyl groups is 1. The Labute approximate surface area is 241 Å². The molecule has 3 aliphatic rings. The smallest absolute Gasteiger partial charge is 0.251 e. The summed E-state index contributed by atoms with van der Waals surface area (Å²) in [4.78, 5) is 48.1. The van der Waals surface area contributed by atoms with Crippen LogP contribution in [0.25, 0.3) is 0 Å². The normalized spacial score (nSPS) is 28.9. The maximum Gasteiger partial charge on any atom is 0.251 e. The SMILES string of the molecule is C=CCN(CCC)C(=O)[C@H]1[C@H]2C(=O)N(CCCCO)C(C(=O)N(CC=C)c3ccc(Cl)cc3)C23CC[C@]1(C)S3. The molecular formula is C30H40ClN3O4S. The summed E-state index contributed by atoms with van der Waals surface area (Å²) in [5.74, 6) is -1.38. The van der Waals surface area contributed by atoms with E-state index in [1.165, 1.54) is 0 Å². The van der Waals surface area contributed by atoms with Crippen LogP contribution in [-0.2, 0) is 14.4 Å². The molecule has 3 amide bonds. The minimum Gasteiger partial charge on any atom is -0.396 e. The predicted octanol–water partition coefficient (Wildman–Crippen LogP) is 4.54. The molecule has 1 aromatic rings. The molecule has 5 atom stereocenters. The average molecular weight is 574 g/mol. The van der Waals surface area contributed by atoms with Crippen LogP contribution in [0.15, 0.2) is 49.6 Å². The number of hydrogen-bond donors (Lipinski definition) is 1. The third kappa shape index (κ3) is 5.16. The van der Waals surface area contributed by atoms with Gasteiger partial charge in [-0.3, -0.25) is 14.4 Å². The second-order valence-electron chi connectivity index (χ2n) is 11.0. The number of carbonyl (C=O) groups excluding carboxylic acids is 3. The summed E-state index contributed by atoms with van der Waals surface area (Å²) in [6.07, 6.45) is 6.80. The van der Waals surface area contributed by atoms with Crippen LogP contribution < -0.4 is 4.90 Å². The predicted molar refractivity (Wildman–Crippen MR) is 158 cm³/mol. The van der Waals surface area contributed by atoms with Crippen molar-refractivity contribution in [1.29, 1.82) is 0 Å². The molecular weight excluding hydrogens is 534 g/mol. The molecule has 1 aromatic carbocycles. The number of benzene rings is 1.